The number of nitrogens with zero attached hydrogens (tertiary/aromatic N) is 3. The van der Waals surface area contributed by atoms with E-state index in [9.17, 15) is 44.3 Å². The molecule has 1 heterocycles. The van der Waals surface area contributed by atoms with Gasteiger partial charge in [-0.3, -0.25) is 9.36 Å². The average Bonchev–Trinajstić information content (AvgIpc) is 2.74. The second kappa shape index (κ2) is 10.0. The monoisotopic (exact) mass is 533 g/mol. The predicted octanol–water partition coefficient (Wildman–Crippen LogP) is 5.77. The molecule has 1 aromatic heterocycles. The van der Waals surface area contributed by atoms with Crippen molar-refractivity contribution in [3.8, 4) is 5.88 Å². The van der Waals surface area contributed by atoms with Gasteiger partial charge < -0.3 is 9.47 Å². The summed E-state index contributed by atoms with van der Waals surface area (Å²) in [6.07, 6.45) is -15.5. The summed E-state index contributed by atoms with van der Waals surface area (Å²) in [7, 11) is 1.09. The van der Waals surface area contributed by atoms with E-state index < -0.39 is 70.5 Å². The van der Waals surface area contributed by atoms with Gasteiger partial charge in [0.25, 0.3) is 0 Å². The number of aromatic nitrogens is 2. The van der Waals surface area contributed by atoms with E-state index in [4.69, 9.17) is 4.74 Å². The van der Waals surface area contributed by atoms with Crippen LogP contribution in [-0.4, -0.2) is 29.2 Å². The zero-order valence-electron chi connectivity index (χ0n) is 19.2. The number of halogens is 9. The summed E-state index contributed by atoms with van der Waals surface area (Å²) >= 11 is 0. The summed E-state index contributed by atoms with van der Waals surface area (Å²) in [6, 6.07) is 0.967. The molecule has 6 nitrogen and oxygen atoms in total. The van der Waals surface area contributed by atoms with Crippen LogP contribution in [0.4, 0.5) is 45.2 Å². The first-order chi connectivity index (χ1) is 16.3. The molecule has 0 N–H and O–H groups in total. The van der Waals surface area contributed by atoms with E-state index in [0.717, 1.165) is 11.7 Å². The van der Waals surface area contributed by atoms with Gasteiger partial charge in [0.15, 0.2) is 11.6 Å². The van der Waals surface area contributed by atoms with Gasteiger partial charge in [-0.1, -0.05) is 0 Å². The number of carbonyl (C=O) groups is 1. The number of hydrogen-bond donors (Lipinski definition) is 0. The predicted molar refractivity (Wildman–Crippen MR) is 106 cm³/mol. The topological polar surface area (TPSA) is 65.7 Å². The van der Waals surface area contributed by atoms with E-state index in [1.807, 2.05) is 0 Å². The van der Waals surface area contributed by atoms with Gasteiger partial charge in [0.1, 0.15) is 6.61 Å². The third-order valence-electron chi connectivity index (χ3n) is 4.76. The van der Waals surface area contributed by atoms with Crippen LogP contribution in [-0.2, 0) is 34.6 Å². The number of benzene rings is 1. The van der Waals surface area contributed by atoms with Crippen LogP contribution < -0.4 is 10.4 Å². The summed E-state index contributed by atoms with van der Waals surface area (Å²) < 4.78 is 131. The van der Waals surface area contributed by atoms with Crippen molar-refractivity contribution in [2.75, 3.05) is 13.7 Å². The Hall–Kier alpha value is -3.26. The molecule has 0 saturated heterocycles. The molecule has 0 aliphatic carbocycles. The number of alkyl halides is 9. The van der Waals surface area contributed by atoms with Gasteiger partial charge in [-0.25, -0.2) is 9.98 Å². The average molecular weight is 533 g/mol. The Labute approximate surface area is 198 Å². The summed E-state index contributed by atoms with van der Waals surface area (Å²) in [5.41, 5.74) is -8.36. The largest absolute Gasteiger partial charge is 0.478 e. The fraction of sp³-hybridized carbons (Fsp3) is 0.476. The Balaban J connectivity index is 2.79. The zero-order chi connectivity index (χ0) is 27.7. The summed E-state index contributed by atoms with van der Waals surface area (Å²) in [5, 5.41) is 0. The molecule has 1 aromatic carbocycles. The maximum Gasteiger partial charge on any atom is 0.433 e. The van der Waals surface area contributed by atoms with Crippen LogP contribution in [0, 0.1) is 5.41 Å². The molecular formula is C21H20F9N3O3. The van der Waals surface area contributed by atoms with Crippen LogP contribution >= 0.6 is 0 Å². The van der Waals surface area contributed by atoms with E-state index in [1.165, 1.54) is 20.8 Å². The summed E-state index contributed by atoms with van der Waals surface area (Å²) in [6.45, 7) is 3.45. The number of carbonyl (C=O) groups excluding carboxylic acids is 1. The van der Waals surface area contributed by atoms with Crippen molar-refractivity contribution in [1.29, 1.82) is 0 Å². The standard InChI is InChI=1S/C21H20F9N3O3/c1-5-33-15(36-10-18(2,3)16(34)35-4)9-14(21(28,29)30)32-17(33)31-13-7-6-11(19(22,23)24)8-12(13)20(25,26)27/h6-9H,5,10H2,1-4H3. The lowest BCUT2D eigenvalue weighted by Crippen LogP contribution is -2.34. The maximum atomic E-state index is 13.5. The number of methoxy groups -OCH3 is 1. The van der Waals surface area contributed by atoms with Crippen LogP contribution in [0.2, 0.25) is 0 Å². The van der Waals surface area contributed by atoms with Gasteiger partial charge in [0, 0.05) is 12.6 Å². The SMILES string of the molecule is CCn1c(OCC(C)(C)C(=O)OC)cc(C(F)(F)F)nc1=Nc1ccc(C(F)(F)F)cc1C(F)(F)F. The highest BCUT2D eigenvalue weighted by Crippen LogP contribution is 2.40. The molecule has 200 valence electrons. The molecule has 0 unspecified atom stereocenters. The van der Waals surface area contributed by atoms with E-state index in [2.05, 4.69) is 14.7 Å². The quantitative estimate of drug-likeness (QED) is 0.350. The molecule has 2 rings (SSSR count). The third kappa shape index (κ3) is 6.69. The first-order valence-corrected chi connectivity index (χ1v) is 10.0. The van der Waals surface area contributed by atoms with E-state index in [1.54, 1.807) is 0 Å². The van der Waals surface area contributed by atoms with Crippen LogP contribution in [0.25, 0.3) is 0 Å². The van der Waals surface area contributed by atoms with Crippen LogP contribution in [0.5, 0.6) is 5.88 Å². The smallest absolute Gasteiger partial charge is 0.433 e. The molecule has 0 radical (unpaired) electrons. The minimum atomic E-state index is -5.32. The van der Waals surface area contributed by atoms with Crippen molar-refractivity contribution in [3.63, 3.8) is 0 Å². The van der Waals surface area contributed by atoms with Crippen molar-refractivity contribution < 1.29 is 53.8 Å². The van der Waals surface area contributed by atoms with Gasteiger partial charge in [0.05, 0.1) is 29.3 Å². The van der Waals surface area contributed by atoms with Gasteiger partial charge in [-0.2, -0.15) is 39.5 Å². The molecular weight excluding hydrogens is 513 g/mol. The van der Waals surface area contributed by atoms with Crippen molar-refractivity contribution in [2.24, 2.45) is 10.4 Å². The van der Waals surface area contributed by atoms with Crippen molar-refractivity contribution in [2.45, 2.75) is 45.8 Å². The highest BCUT2D eigenvalue weighted by Gasteiger charge is 2.39. The lowest BCUT2D eigenvalue weighted by atomic mass is 9.95. The fourth-order valence-corrected chi connectivity index (χ4v) is 2.88. The lowest BCUT2D eigenvalue weighted by Gasteiger charge is -2.23. The second-order valence-electron chi connectivity index (χ2n) is 8.03. The normalized spacial score (nSPS) is 13.6. The van der Waals surface area contributed by atoms with Crippen LogP contribution in [0.1, 0.15) is 37.6 Å². The van der Waals surface area contributed by atoms with Crippen molar-refractivity contribution >= 4 is 11.7 Å². The van der Waals surface area contributed by atoms with Crippen LogP contribution in [0.3, 0.4) is 0 Å². The first-order valence-electron chi connectivity index (χ1n) is 10.0. The van der Waals surface area contributed by atoms with Gasteiger partial charge in [0.2, 0.25) is 5.62 Å². The Kier molecular flexibility index (Phi) is 8.06. The zero-order valence-corrected chi connectivity index (χ0v) is 19.2. The number of ether oxygens (including phenoxy) is 2. The van der Waals surface area contributed by atoms with Gasteiger partial charge in [-0.15, -0.1) is 0 Å². The molecule has 0 atom stereocenters. The van der Waals surface area contributed by atoms with Crippen molar-refractivity contribution in [3.05, 3.63) is 46.7 Å². The Bertz CT molecular complexity index is 1180. The molecule has 0 amide bonds. The van der Waals surface area contributed by atoms with E-state index in [-0.39, 0.29) is 12.6 Å². The Morgan fingerprint density at radius 2 is 1.58 bits per heavy atom. The second-order valence-corrected chi connectivity index (χ2v) is 8.03. The molecule has 0 aliphatic heterocycles. The van der Waals surface area contributed by atoms with Crippen LogP contribution in [0.15, 0.2) is 29.3 Å². The van der Waals surface area contributed by atoms with Crippen molar-refractivity contribution in [1.82, 2.24) is 9.55 Å². The molecule has 2 aromatic rings. The summed E-state index contributed by atoms with van der Waals surface area (Å²) in [5.74, 6) is -1.30. The fourth-order valence-electron chi connectivity index (χ4n) is 2.88. The summed E-state index contributed by atoms with van der Waals surface area (Å²) in [4.78, 5) is 18.7. The van der Waals surface area contributed by atoms with Gasteiger partial charge >= 0.3 is 24.5 Å². The number of rotatable bonds is 6. The Morgan fingerprint density at radius 3 is 2.06 bits per heavy atom. The molecule has 0 fully saturated rings. The number of hydrogen-bond acceptors (Lipinski definition) is 5. The Morgan fingerprint density at radius 1 is 0.972 bits per heavy atom. The molecule has 0 aliphatic rings. The highest BCUT2D eigenvalue weighted by atomic mass is 19.4. The lowest BCUT2D eigenvalue weighted by molar-refractivity contribution is -0.152. The maximum absolute atomic E-state index is 13.5. The minimum Gasteiger partial charge on any atom is -0.478 e. The minimum absolute atomic E-state index is 0.195. The first kappa shape index (κ1) is 29.0. The molecule has 0 saturated carbocycles. The van der Waals surface area contributed by atoms with Gasteiger partial charge in [-0.05, 0) is 39.0 Å². The number of esters is 1. The van der Waals surface area contributed by atoms with E-state index >= 15 is 0 Å². The molecule has 15 heteroatoms. The molecule has 0 spiro atoms. The molecule has 0 bridgehead atoms. The molecule has 36 heavy (non-hydrogen) atoms. The highest BCUT2D eigenvalue weighted by molar-refractivity contribution is 5.75. The van der Waals surface area contributed by atoms with E-state index in [0.29, 0.717) is 18.2 Å². The third-order valence-corrected chi connectivity index (χ3v) is 4.76.